The van der Waals surface area contributed by atoms with E-state index in [1.165, 1.54) is 18.2 Å². The third-order valence-electron chi connectivity index (χ3n) is 4.72. The van der Waals surface area contributed by atoms with E-state index in [1.54, 1.807) is 36.4 Å². The number of hydrogen-bond acceptors (Lipinski definition) is 3. The maximum absolute atomic E-state index is 13.8. The lowest BCUT2D eigenvalue weighted by molar-refractivity contribution is -0.157. The van der Waals surface area contributed by atoms with E-state index in [0.29, 0.717) is 10.5 Å². The SMILES string of the molecule is O=C(NC(COc1ccccc1F)c1ccccc1)C1CC(=O)N(CC(F)(F)F)C1. The molecule has 30 heavy (non-hydrogen) atoms. The zero-order chi connectivity index (χ0) is 21.7. The van der Waals surface area contributed by atoms with Gasteiger partial charge in [0.05, 0.1) is 12.0 Å². The number of carbonyl (C=O) groups is 2. The third-order valence-corrected chi connectivity index (χ3v) is 4.72. The first-order chi connectivity index (χ1) is 14.2. The highest BCUT2D eigenvalue weighted by atomic mass is 19.4. The standard InChI is InChI=1S/C21H20F4N2O3/c22-16-8-4-5-9-18(16)30-12-17(14-6-2-1-3-7-14)26-20(29)15-10-19(28)27(11-15)13-21(23,24)25/h1-9,15,17H,10-13H2,(H,26,29). The number of halogens is 4. The Morgan fingerprint density at radius 3 is 2.47 bits per heavy atom. The molecule has 0 spiro atoms. The van der Waals surface area contributed by atoms with Crippen molar-refractivity contribution in [2.75, 3.05) is 19.7 Å². The molecule has 1 fully saturated rings. The predicted molar refractivity (Wildman–Crippen MR) is 100.0 cm³/mol. The first kappa shape index (κ1) is 21.6. The molecule has 0 bridgehead atoms. The van der Waals surface area contributed by atoms with Gasteiger partial charge in [0.2, 0.25) is 11.8 Å². The molecule has 160 valence electrons. The summed E-state index contributed by atoms with van der Waals surface area (Å²) in [6.45, 7) is -1.78. The number of nitrogens with one attached hydrogen (secondary N) is 1. The summed E-state index contributed by atoms with van der Waals surface area (Å²) in [5.41, 5.74) is 0.679. The van der Waals surface area contributed by atoms with Gasteiger partial charge >= 0.3 is 6.18 Å². The number of carbonyl (C=O) groups excluding carboxylic acids is 2. The van der Waals surface area contributed by atoms with Gasteiger partial charge in [-0.3, -0.25) is 9.59 Å². The van der Waals surface area contributed by atoms with Gasteiger partial charge in [0.25, 0.3) is 0 Å². The molecule has 3 rings (SSSR count). The lowest BCUT2D eigenvalue weighted by Crippen LogP contribution is -2.39. The molecule has 2 aromatic carbocycles. The van der Waals surface area contributed by atoms with Crippen molar-refractivity contribution >= 4 is 11.8 Å². The average Bonchev–Trinajstić information content (AvgIpc) is 3.05. The summed E-state index contributed by atoms with van der Waals surface area (Å²) in [7, 11) is 0. The van der Waals surface area contributed by atoms with E-state index in [-0.39, 0.29) is 25.3 Å². The second-order valence-electron chi connectivity index (χ2n) is 7.00. The molecule has 1 aliphatic rings. The van der Waals surface area contributed by atoms with Crippen LogP contribution in [0.5, 0.6) is 5.75 Å². The highest BCUT2D eigenvalue weighted by molar-refractivity contribution is 5.89. The van der Waals surface area contributed by atoms with Gasteiger partial charge in [-0.25, -0.2) is 4.39 Å². The van der Waals surface area contributed by atoms with Crippen molar-refractivity contribution in [1.82, 2.24) is 10.2 Å². The summed E-state index contributed by atoms with van der Waals surface area (Å²) in [5.74, 6) is -2.72. The Hall–Kier alpha value is -3.10. The quantitative estimate of drug-likeness (QED) is 0.693. The zero-order valence-corrected chi connectivity index (χ0v) is 15.9. The lowest BCUT2D eigenvalue weighted by atomic mass is 10.0. The van der Waals surface area contributed by atoms with Crippen molar-refractivity contribution in [2.24, 2.45) is 5.92 Å². The third kappa shape index (κ3) is 5.71. The van der Waals surface area contributed by atoms with E-state index >= 15 is 0 Å². The fraction of sp³-hybridized carbons (Fsp3) is 0.333. The molecule has 2 amide bonds. The molecule has 1 aliphatic heterocycles. The smallest absolute Gasteiger partial charge is 0.406 e. The summed E-state index contributed by atoms with van der Waals surface area (Å²) in [6.07, 6.45) is -4.82. The largest absolute Gasteiger partial charge is 0.488 e. The molecule has 2 unspecified atom stereocenters. The van der Waals surface area contributed by atoms with Gasteiger partial charge in [0.15, 0.2) is 11.6 Å². The Morgan fingerprint density at radius 1 is 1.13 bits per heavy atom. The normalized spacial score (nSPS) is 17.7. The van der Waals surface area contributed by atoms with Crippen LogP contribution in [0.25, 0.3) is 0 Å². The molecule has 1 heterocycles. The summed E-state index contributed by atoms with van der Waals surface area (Å²) < 4.78 is 57.1. The minimum Gasteiger partial charge on any atom is -0.488 e. The highest BCUT2D eigenvalue weighted by Gasteiger charge is 2.41. The van der Waals surface area contributed by atoms with E-state index in [4.69, 9.17) is 4.74 Å². The summed E-state index contributed by atoms with van der Waals surface area (Å²) >= 11 is 0. The number of alkyl halides is 3. The van der Waals surface area contributed by atoms with Crippen LogP contribution in [0.15, 0.2) is 54.6 Å². The number of likely N-dealkylation sites (tertiary alicyclic amines) is 1. The maximum atomic E-state index is 13.8. The van der Waals surface area contributed by atoms with Crippen LogP contribution >= 0.6 is 0 Å². The van der Waals surface area contributed by atoms with Crippen LogP contribution in [-0.4, -0.2) is 42.6 Å². The second kappa shape index (κ2) is 9.15. The number of amides is 2. The Labute approximate surface area is 170 Å². The second-order valence-corrected chi connectivity index (χ2v) is 7.00. The van der Waals surface area contributed by atoms with Gasteiger partial charge in [-0.2, -0.15) is 13.2 Å². The topological polar surface area (TPSA) is 58.6 Å². The van der Waals surface area contributed by atoms with Crippen molar-refractivity contribution in [3.05, 3.63) is 66.0 Å². The molecule has 9 heteroatoms. The minimum atomic E-state index is -4.53. The van der Waals surface area contributed by atoms with Gasteiger partial charge in [0, 0.05) is 13.0 Å². The molecule has 0 aliphatic carbocycles. The first-order valence-corrected chi connectivity index (χ1v) is 9.30. The van der Waals surface area contributed by atoms with Crippen molar-refractivity contribution < 1.29 is 31.9 Å². The molecule has 0 radical (unpaired) electrons. The summed E-state index contributed by atoms with van der Waals surface area (Å²) in [4.78, 5) is 25.2. The molecule has 2 aromatic rings. The van der Waals surface area contributed by atoms with Crippen LogP contribution in [0.1, 0.15) is 18.0 Å². The van der Waals surface area contributed by atoms with Gasteiger partial charge in [0.1, 0.15) is 13.2 Å². The number of benzene rings is 2. The average molecular weight is 424 g/mol. The minimum absolute atomic E-state index is 0.0140. The summed E-state index contributed by atoms with van der Waals surface area (Å²) in [5, 5.41) is 2.72. The van der Waals surface area contributed by atoms with E-state index in [0.717, 1.165) is 0 Å². The molecular formula is C21H20F4N2O3. The van der Waals surface area contributed by atoms with Gasteiger partial charge in [-0.1, -0.05) is 42.5 Å². The van der Waals surface area contributed by atoms with Crippen molar-refractivity contribution in [3.63, 3.8) is 0 Å². The Morgan fingerprint density at radius 2 is 1.80 bits per heavy atom. The zero-order valence-electron chi connectivity index (χ0n) is 15.9. The van der Waals surface area contributed by atoms with Crippen LogP contribution < -0.4 is 10.1 Å². The van der Waals surface area contributed by atoms with Crippen molar-refractivity contribution in [2.45, 2.75) is 18.6 Å². The fourth-order valence-electron chi connectivity index (χ4n) is 3.25. The summed E-state index contributed by atoms with van der Waals surface area (Å²) in [6, 6.07) is 13.9. The van der Waals surface area contributed by atoms with Gasteiger partial charge in [-0.05, 0) is 17.7 Å². The van der Waals surface area contributed by atoms with E-state index in [1.807, 2.05) is 0 Å². The predicted octanol–water partition coefficient (Wildman–Crippen LogP) is 3.47. The van der Waals surface area contributed by atoms with Crippen molar-refractivity contribution in [3.8, 4) is 5.75 Å². The lowest BCUT2D eigenvalue weighted by Gasteiger charge is -2.22. The molecule has 2 atom stereocenters. The fourth-order valence-corrected chi connectivity index (χ4v) is 3.25. The molecule has 0 aromatic heterocycles. The Bertz CT molecular complexity index is 889. The van der Waals surface area contributed by atoms with Crippen LogP contribution in [0.3, 0.4) is 0 Å². The van der Waals surface area contributed by atoms with Crippen LogP contribution in [0.2, 0.25) is 0 Å². The molecule has 1 N–H and O–H groups in total. The van der Waals surface area contributed by atoms with Crippen LogP contribution in [-0.2, 0) is 9.59 Å². The number of nitrogens with zero attached hydrogens (tertiary/aromatic N) is 1. The number of para-hydroxylation sites is 1. The van der Waals surface area contributed by atoms with Crippen LogP contribution in [0, 0.1) is 11.7 Å². The van der Waals surface area contributed by atoms with E-state index < -0.39 is 42.3 Å². The molecule has 0 saturated carbocycles. The molecule has 1 saturated heterocycles. The molecule has 5 nitrogen and oxygen atoms in total. The number of hydrogen-bond donors (Lipinski definition) is 1. The Kier molecular flexibility index (Phi) is 6.59. The maximum Gasteiger partial charge on any atom is 0.406 e. The van der Waals surface area contributed by atoms with E-state index in [9.17, 15) is 27.2 Å². The first-order valence-electron chi connectivity index (χ1n) is 9.30. The highest BCUT2D eigenvalue weighted by Crippen LogP contribution is 2.25. The van der Waals surface area contributed by atoms with Crippen molar-refractivity contribution in [1.29, 1.82) is 0 Å². The van der Waals surface area contributed by atoms with E-state index in [2.05, 4.69) is 5.32 Å². The number of ether oxygens (including phenoxy) is 1. The van der Waals surface area contributed by atoms with Gasteiger partial charge in [-0.15, -0.1) is 0 Å². The monoisotopic (exact) mass is 424 g/mol. The number of rotatable bonds is 7. The van der Waals surface area contributed by atoms with Gasteiger partial charge < -0.3 is 15.0 Å². The molecular weight excluding hydrogens is 404 g/mol. The van der Waals surface area contributed by atoms with Crippen LogP contribution in [0.4, 0.5) is 17.6 Å². The Balaban J connectivity index is 1.68.